The van der Waals surface area contributed by atoms with Gasteiger partial charge in [-0.05, 0) is 39.7 Å². The lowest BCUT2D eigenvalue weighted by Gasteiger charge is -2.20. The van der Waals surface area contributed by atoms with E-state index in [2.05, 4.69) is 20.7 Å². The van der Waals surface area contributed by atoms with Crippen LogP contribution in [0.25, 0.3) is 0 Å². The fraction of sp³-hybridized carbons (Fsp3) is 0.706. The van der Waals surface area contributed by atoms with Crippen molar-refractivity contribution in [3.63, 3.8) is 0 Å². The Labute approximate surface area is 158 Å². The van der Waals surface area contributed by atoms with E-state index in [-0.39, 0.29) is 12.6 Å². The molecule has 0 radical (unpaired) electrons. The van der Waals surface area contributed by atoms with Gasteiger partial charge in [-0.1, -0.05) is 0 Å². The highest BCUT2D eigenvalue weighted by molar-refractivity contribution is 5.85. The van der Waals surface area contributed by atoms with Gasteiger partial charge >= 0.3 is 6.18 Å². The van der Waals surface area contributed by atoms with Crippen molar-refractivity contribution in [3.05, 3.63) is 17.0 Å². The maximum absolute atomic E-state index is 12.4. The molecule has 2 N–H and O–H groups in total. The first-order chi connectivity index (χ1) is 12.4. The number of rotatable bonds is 7. The second kappa shape index (κ2) is 9.61. The molecule has 154 valence electrons. The van der Waals surface area contributed by atoms with Crippen LogP contribution in [0.3, 0.4) is 0 Å². The molecule has 0 spiro atoms. The van der Waals surface area contributed by atoms with Gasteiger partial charge in [0.2, 0.25) is 5.91 Å². The van der Waals surface area contributed by atoms with Crippen LogP contribution in [0.2, 0.25) is 0 Å². The molecule has 1 atom stereocenters. The molecule has 0 saturated heterocycles. The molecule has 0 aliphatic rings. The molecule has 1 heterocycles. The van der Waals surface area contributed by atoms with Gasteiger partial charge in [-0.25, -0.2) is 4.99 Å². The lowest BCUT2D eigenvalue weighted by molar-refractivity contribution is -0.157. The Bertz CT molecular complexity index is 668. The topological polar surface area (TPSA) is 74.6 Å². The summed E-state index contributed by atoms with van der Waals surface area (Å²) in [5, 5.41) is 10.6. The Balaban J connectivity index is 2.71. The molecule has 0 aliphatic carbocycles. The molecule has 7 nitrogen and oxygen atoms in total. The summed E-state index contributed by atoms with van der Waals surface area (Å²) >= 11 is 0. The lowest BCUT2D eigenvalue weighted by Crippen LogP contribution is -2.44. The van der Waals surface area contributed by atoms with Crippen molar-refractivity contribution in [2.24, 2.45) is 12.0 Å². The van der Waals surface area contributed by atoms with E-state index in [9.17, 15) is 18.0 Å². The fourth-order valence-corrected chi connectivity index (χ4v) is 2.65. The Morgan fingerprint density at radius 2 is 2.00 bits per heavy atom. The van der Waals surface area contributed by atoms with E-state index in [0.29, 0.717) is 23.8 Å². The normalized spacial score (nSPS) is 13.4. The first-order valence-corrected chi connectivity index (χ1v) is 8.79. The summed E-state index contributed by atoms with van der Waals surface area (Å²) in [7, 11) is 3.00. The van der Waals surface area contributed by atoms with Crippen LogP contribution < -0.4 is 10.6 Å². The minimum absolute atomic E-state index is 0.00703. The van der Waals surface area contributed by atoms with Crippen molar-refractivity contribution in [2.45, 2.75) is 46.3 Å². The first kappa shape index (κ1) is 22.8. The zero-order valence-corrected chi connectivity index (χ0v) is 16.7. The number of nitrogens with one attached hydrogen (secondary N) is 2. The van der Waals surface area contributed by atoms with Gasteiger partial charge in [0.25, 0.3) is 0 Å². The standard InChI is InChI=1S/C17H29F3N6O/c1-7-21-16(22-9-15(27)25(5)10-17(18,19)20)23-11(2)8-14-12(3)24-26(6)13(14)4/h11H,7-10H2,1-6H3,(H2,21,22,23). The summed E-state index contributed by atoms with van der Waals surface area (Å²) in [6, 6.07) is -0.00703. The third-order valence-corrected chi connectivity index (χ3v) is 4.11. The van der Waals surface area contributed by atoms with Crippen molar-refractivity contribution in [3.8, 4) is 0 Å². The van der Waals surface area contributed by atoms with Gasteiger partial charge in [-0.2, -0.15) is 18.3 Å². The molecule has 1 rings (SSSR count). The third-order valence-electron chi connectivity index (χ3n) is 4.11. The molecule has 1 amide bonds. The van der Waals surface area contributed by atoms with Crippen molar-refractivity contribution < 1.29 is 18.0 Å². The van der Waals surface area contributed by atoms with Gasteiger partial charge in [0.15, 0.2) is 5.96 Å². The number of hydrogen-bond acceptors (Lipinski definition) is 3. The molecule has 10 heteroatoms. The van der Waals surface area contributed by atoms with Crippen LogP contribution in [-0.4, -0.2) is 65.4 Å². The number of guanidine groups is 1. The van der Waals surface area contributed by atoms with Crippen LogP contribution >= 0.6 is 0 Å². The number of alkyl halides is 3. The van der Waals surface area contributed by atoms with Gasteiger partial charge in [0, 0.05) is 32.4 Å². The highest BCUT2D eigenvalue weighted by Crippen LogP contribution is 2.16. The summed E-state index contributed by atoms with van der Waals surface area (Å²) in [6.45, 7) is 6.70. The smallest absolute Gasteiger partial charge is 0.357 e. The van der Waals surface area contributed by atoms with Crippen molar-refractivity contribution >= 4 is 11.9 Å². The predicted octanol–water partition coefficient (Wildman–Crippen LogP) is 1.54. The largest absolute Gasteiger partial charge is 0.406 e. The minimum atomic E-state index is -4.43. The zero-order valence-electron chi connectivity index (χ0n) is 16.7. The number of aliphatic imine (C=N–C) groups is 1. The van der Waals surface area contributed by atoms with Gasteiger partial charge < -0.3 is 15.5 Å². The summed E-state index contributed by atoms with van der Waals surface area (Å²) in [6.07, 6.45) is -3.72. The van der Waals surface area contributed by atoms with E-state index in [1.165, 1.54) is 0 Å². The second-order valence-corrected chi connectivity index (χ2v) is 6.58. The van der Waals surface area contributed by atoms with Crippen LogP contribution in [0.1, 0.15) is 30.8 Å². The van der Waals surface area contributed by atoms with Gasteiger partial charge in [-0.3, -0.25) is 9.48 Å². The molecule has 0 bridgehead atoms. The maximum atomic E-state index is 12.4. The van der Waals surface area contributed by atoms with Crippen molar-refractivity contribution in [1.29, 1.82) is 0 Å². The van der Waals surface area contributed by atoms with Gasteiger partial charge in [0.05, 0.1) is 5.69 Å². The number of aryl methyl sites for hydroxylation is 2. The first-order valence-electron chi connectivity index (χ1n) is 8.79. The quantitative estimate of drug-likeness (QED) is 0.547. The summed E-state index contributed by atoms with van der Waals surface area (Å²) in [5.74, 6) is -0.311. The van der Waals surface area contributed by atoms with E-state index in [1.54, 1.807) is 0 Å². The number of aromatic nitrogens is 2. The molecular weight excluding hydrogens is 361 g/mol. The molecule has 0 saturated carbocycles. The summed E-state index contributed by atoms with van der Waals surface area (Å²) < 4.78 is 38.9. The monoisotopic (exact) mass is 390 g/mol. The number of carbonyl (C=O) groups is 1. The number of hydrogen-bond donors (Lipinski definition) is 2. The Kier molecular flexibility index (Phi) is 8.11. The highest BCUT2D eigenvalue weighted by Gasteiger charge is 2.31. The summed E-state index contributed by atoms with van der Waals surface area (Å²) in [4.78, 5) is 16.6. The zero-order chi connectivity index (χ0) is 20.8. The molecule has 0 fully saturated rings. The van der Waals surface area contributed by atoms with Gasteiger partial charge in [0.1, 0.15) is 13.1 Å². The van der Waals surface area contributed by atoms with E-state index < -0.39 is 18.6 Å². The van der Waals surface area contributed by atoms with E-state index in [1.807, 2.05) is 39.4 Å². The lowest BCUT2D eigenvalue weighted by atomic mass is 10.1. The number of amides is 1. The molecule has 1 aromatic rings. The molecule has 27 heavy (non-hydrogen) atoms. The van der Waals surface area contributed by atoms with Crippen molar-refractivity contribution in [1.82, 2.24) is 25.3 Å². The minimum Gasteiger partial charge on any atom is -0.357 e. The number of nitrogens with zero attached hydrogens (tertiary/aromatic N) is 4. The Hall–Kier alpha value is -2.26. The number of carbonyl (C=O) groups excluding carboxylic acids is 1. The summed E-state index contributed by atoms with van der Waals surface area (Å²) in [5.41, 5.74) is 3.16. The fourth-order valence-electron chi connectivity index (χ4n) is 2.65. The number of likely N-dealkylation sites (N-methyl/N-ethyl adjacent to an activating group) is 1. The van der Waals surface area contributed by atoms with Crippen LogP contribution in [-0.2, 0) is 18.3 Å². The van der Waals surface area contributed by atoms with E-state index in [4.69, 9.17) is 0 Å². The highest BCUT2D eigenvalue weighted by atomic mass is 19.4. The van der Waals surface area contributed by atoms with E-state index >= 15 is 0 Å². The van der Waals surface area contributed by atoms with Gasteiger partial charge in [-0.15, -0.1) is 0 Å². The van der Waals surface area contributed by atoms with E-state index in [0.717, 1.165) is 24.0 Å². The van der Waals surface area contributed by atoms with Crippen LogP contribution in [0.5, 0.6) is 0 Å². The molecular formula is C17H29F3N6O. The maximum Gasteiger partial charge on any atom is 0.406 e. The SMILES string of the molecule is CCNC(=NCC(=O)N(C)CC(F)(F)F)NC(C)Cc1c(C)nn(C)c1C. The molecule has 0 aliphatic heterocycles. The average Bonchev–Trinajstić information content (AvgIpc) is 2.77. The van der Waals surface area contributed by atoms with Crippen molar-refractivity contribution in [2.75, 3.05) is 26.7 Å². The molecule has 1 aromatic heterocycles. The van der Waals surface area contributed by atoms with Crippen LogP contribution in [0.15, 0.2) is 4.99 Å². The number of halogens is 3. The Morgan fingerprint density at radius 3 is 2.48 bits per heavy atom. The van der Waals surface area contributed by atoms with Crippen LogP contribution in [0.4, 0.5) is 13.2 Å². The second-order valence-electron chi connectivity index (χ2n) is 6.58. The third kappa shape index (κ3) is 7.48. The predicted molar refractivity (Wildman–Crippen MR) is 98.7 cm³/mol. The molecule has 0 aromatic carbocycles. The average molecular weight is 390 g/mol. The van der Waals surface area contributed by atoms with Crippen LogP contribution in [0, 0.1) is 13.8 Å². The molecule has 1 unspecified atom stereocenters. The Morgan fingerprint density at radius 1 is 1.37 bits per heavy atom.